The highest BCUT2D eigenvalue weighted by Crippen LogP contribution is 2.29. The van der Waals surface area contributed by atoms with E-state index >= 15 is 0 Å². The van der Waals surface area contributed by atoms with Crippen LogP contribution in [0, 0.1) is 11.2 Å². The first kappa shape index (κ1) is 14.8. The van der Waals surface area contributed by atoms with E-state index in [0.29, 0.717) is 29.2 Å². The van der Waals surface area contributed by atoms with Gasteiger partial charge in [-0.2, -0.15) is 0 Å². The van der Waals surface area contributed by atoms with Gasteiger partial charge in [0.05, 0.1) is 12.8 Å². The summed E-state index contributed by atoms with van der Waals surface area (Å²) in [4.78, 5) is 3.76. The molecule has 1 aromatic heterocycles. The summed E-state index contributed by atoms with van der Waals surface area (Å²) < 4.78 is 24.2. The van der Waals surface area contributed by atoms with Crippen molar-refractivity contribution in [2.75, 3.05) is 6.61 Å². The van der Waals surface area contributed by atoms with Crippen molar-refractivity contribution < 1.29 is 13.9 Å². The Morgan fingerprint density at radius 1 is 1.24 bits per heavy atom. The van der Waals surface area contributed by atoms with Crippen LogP contribution in [-0.4, -0.2) is 17.4 Å². The Kier molecular flexibility index (Phi) is 4.71. The van der Waals surface area contributed by atoms with Gasteiger partial charge in [-0.25, -0.2) is 4.39 Å². The second-order valence-corrected chi connectivity index (χ2v) is 4.31. The maximum Gasteiger partial charge on any atom is 0.161 e. The maximum absolute atomic E-state index is 13.1. The number of pyridine rings is 1. The highest BCUT2D eigenvalue weighted by atomic mass is 19.1. The van der Waals surface area contributed by atoms with Crippen molar-refractivity contribution in [2.24, 2.45) is 5.73 Å². The van der Waals surface area contributed by atoms with E-state index in [0.717, 1.165) is 6.20 Å². The van der Waals surface area contributed by atoms with Crippen LogP contribution in [0.5, 0.6) is 11.5 Å². The Bertz CT molecular complexity index is 647. The summed E-state index contributed by atoms with van der Waals surface area (Å²) in [6, 6.07) is 6.35. The zero-order valence-electron chi connectivity index (χ0n) is 11.6. The second kappa shape index (κ2) is 6.69. The first-order valence-corrected chi connectivity index (χ1v) is 6.43. The van der Waals surface area contributed by atoms with Gasteiger partial charge in [0, 0.05) is 17.3 Å². The van der Waals surface area contributed by atoms with E-state index in [1.54, 1.807) is 18.2 Å². The lowest BCUT2D eigenvalue weighted by Gasteiger charge is -2.13. The lowest BCUT2D eigenvalue weighted by Crippen LogP contribution is -2.11. The molecule has 0 bridgehead atoms. The Morgan fingerprint density at radius 3 is 2.71 bits per heavy atom. The van der Waals surface area contributed by atoms with Crippen molar-refractivity contribution in [1.82, 2.24) is 4.98 Å². The third-order valence-corrected chi connectivity index (χ3v) is 2.71. The van der Waals surface area contributed by atoms with Crippen LogP contribution in [0.25, 0.3) is 0 Å². The highest BCUT2D eigenvalue weighted by molar-refractivity contribution is 5.95. The Hall–Kier alpha value is -2.63. The molecule has 3 N–H and O–H groups in total. The standard InChI is InChI=1S/C15H16FN3O2/c1-2-20-14-6-11(15(17)18)3-4-13(14)21-9-10-5-12(16)8-19-7-10/h3-8H,2,9H2,1H3,(H3,17,18). The Labute approximate surface area is 122 Å². The predicted octanol–water partition coefficient (Wildman–Crippen LogP) is 2.48. The summed E-state index contributed by atoms with van der Waals surface area (Å²) in [5.41, 5.74) is 6.62. The van der Waals surface area contributed by atoms with Crippen molar-refractivity contribution in [2.45, 2.75) is 13.5 Å². The molecule has 1 heterocycles. The summed E-state index contributed by atoms with van der Waals surface area (Å²) in [6.45, 7) is 2.48. The minimum Gasteiger partial charge on any atom is -0.490 e. The third kappa shape index (κ3) is 3.92. The molecule has 21 heavy (non-hydrogen) atoms. The van der Waals surface area contributed by atoms with Gasteiger partial charge in [-0.05, 0) is 31.2 Å². The lowest BCUT2D eigenvalue weighted by atomic mass is 10.2. The SMILES string of the molecule is CCOc1cc(C(=N)N)ccc1OCc1cncc(F)c1. The molecule has 0 aliphatic rings. The Morgan fingerprint density at radius 2 is 2.05 bits per heavy atom. The summed E-state index contributed by atoms with van der Waals surface area (Å²) in [6.07, 6.45) is 2.67. The molecule has 5 nitrogen and oxygen atoms in total. The van der Waals surface area contributed by atoms with Gasteiger partial charge in [-0.3, -0.25) is 10.4 Å². The summed E-state index contributed by atoms with van der Waals surface area (Å²) in [7, 11) is 0. The molecule has 0 saturated carbocycles. The fraction of sp³-hybridized carbons (Fsp3) is 0.200. The number of nitrogens with two attached hydrogens (primary N) is 1. The van der Waals surface area contributed by atoms with Crippen LogP contribution in [0.15, 0.2) is 36.7 Å². The second-order valence-electron chi connectivity index (χ2n) is 4.31. The van der Waals surface area contributed by atoms with Gasteiger partial charge >= 0.3 is 0 Å². The number of amidine groups is 1. The van der Waals surface area contributed by atoms with Gasteiger partial charge in [0.15, 0.2) is 11.5 Å². The average molecular weight is 289 g/mol. The van der Waals surface area contributed by atoms with Crippen LogP contribution >= 0.6 is 0 Å². The molecular weight excluding hydrogens is 273 g/mol. The van der Waals surface area contributed by atoms with Crippen molar-refractivity contribution in [1.29, 1.82) is 5.41 Å². The molecule has 0 radical (unpaired) electrons. The highest BCUT2D eigenvalue weighted by Gasteiger charge is 2.08. The molecular formula is C15H16FN3O2. The largest absolute Gasteiger partial charge is 0.490 e. The number of ether oxygens (including phenoxy) is 2. The molecule has 0 unspecified atom stereocenters. The van der Waals surface area contributed by atoms with Crippen LogP contribution in [0.4, 0.5) is 4.39 Å². The van der Waals surface area contributed by atoms with Crippen molar-refractivity contribution in [3.63, 3.8) is 0 Å². The first-order valence-electron chi connectivity index (χ1n) is 6.43. The molecule has 110 valence electrons. The number of hydrogen-bond acceptors (Lipinski definition) is 4. The molecule has 2 aromatic rings. The van der Waals surface area contributed by atoms with E-state index in [1.807, 2.05) is 6.92 Å². The molecule has 1 aromatic carbocycles. The first-order chi connectivity index (χ1) is 10.1. The molecule has 0 amide bonds. The number of aromatic nitrogens is 1. The summed E-state index contributed by atoms with van der Waals surface area (Å²) >= 11 is 0. The van der Waals surface area contributed by atoms with E-state index in [2.05, 4.69) is 4.98 Å². The van der Waals surface area contributed by atoms with Gasteiger partial charge in [0.1, 0.15) is 18.3 Å². The van der Waals surface area contributed by atoms with Gasteiger partial charge in [-0.1, -0.05) is 0 Å². The number of halogens is 1. The summed E-state index contributed by atoms with van der Waals surface area (Å²) in [5.74, 6) is 0.547. The fourth-order valence-corrected chi connectivity index (χ4v) is 1.76. The van der Waals surface area contributed by atoms with Crippen LogP contribution in [-0.2, 0) is 6.61 Å². The number of nitrogens with one attached hydrogen (secondary N) is 1. The monoisotopic (exact) mass is 289 g/mol. The normalized spacial score (nSPS) is 10.2. The van der Waals surface area contributed by atoms with Crippen molar-refractivity contribution >= 4 is 5.84 Å². The molecule has 0 fully saturated rings. The van der Waals surface area contributed by atoms with Gasteiger partial charge < -0.3 is 15.2 Å². The zero-order chi connectivity index (χ0) is 15.2. The van der Waals surface area contributed by atoms with E-state index in [1.165, 1.54) is 12.3 Å². The van der Waals surface area contributed by atoms with Crippen molar-refractivity contribution in [3.8, 4) is 11.5 Å². The molecule has 0 spiro atoms. The van der Waals surface area contributed by atoms with E-state index in [4.69, 9.17) is 20.6 Å². The quantitative estimate of drug-likeness (QED) is 0.632. The van der Waals surface area contributed by atoms with Gasteiger partial charge in [0.2, 0.25) is 0 Å². The predicted molar refractivity (Wildman–Crippen MR) is 77.2 cm³/mol. The van der Waals surface area contributed by atoms with E-state index in [9.17, 15) is 4.39 Å². The zero-order valence-corrected chi connectivity index (χ0v) is 11.6. The Balaban J connectivity index is 2.16. The lowest BCUT2D eigenvalue weighted by molar-refractivity contribution is 0.268. The number of nitrogen functional groups attached to an aromatic ring is 1. The van der Waals surface area contributed by atoms with Gasteiger partial charge in [0.25, 0.3) is 0 Å². The third-order valence-electron chi connectivity index (χ3n) is 2.71. The number of hydrogen-bond donors (Lipinski definition) is 2. The molecule has 0 aliphatic heterocycles. The number of nitrogens with zero attached hydrogens (tertiary/aromatic N) is 1. The fourth-order valence-electron chi connectivity index (χ4n) is 1.76. The molecule has 0 aliphatic carbocycles. The van der Waals surface area contributed by atoms with Crippen molar-refractivity contribution in [3.05, 3.63) is 53.6 Å². The van der Waals surface area contributed by atoms with Crippen LogP contribution in [0.1, 0.15) is 18.1 Å². The number of benzene rings is 1. The minimum absolute atomic E-state index is 0.0446. The minimum atomic E-state index is -0.409. The van der Waals surface area contributed by atoms with Crippen LogP contribution in [0.3, 0.4) is 0 Å². The van der Waals surface area contributed by atoms with E-state index < -0.39 is 5.82 Å². The van der Waals surface area contributed by atoms with Gasteiger partial charge in [-0.15, -0.1) is 0 Å². The number of rotatable bonds is 6. The topological polar surface area (TPSA) is 81.2 Å². The molecule has 0 atom stereocenters. The van der Waals surface area contributed by atoms with E-state index in [-0.39, 0.29) is 12.4 Å². The maximum atomic E-state index is 13.1. The molecule has 0 saturated heterocycles. The van der Waals surface area contributed by atoms with Crippen LogP contribution in [0.2, 0.25) is 0 Å². The molecule has 6 heteroatoms. The smallest absolute Gasteiger partial charge is 0.161 e. The molecule has 2 rings (SSSR count). The average Bonchev–Trinajstić information content (AvgIpc) is 2.46. The van der Waals surface area contributed by atoms with Crippen LogP contribution < -0.4 is 15.2 Å². The summed E-state index contributed by atoms with van der Waals surface area (Å²) in [5, 5.41) is 7.43.